The van der Waals surface area contributed by atoms with Gasteiger partial charge in [-0.25, -0.2) is 0 Å². The van der Waals surface area contributed by atoms with Crippen LogP contribution in [0.4, 0.5) is 0 Å². The predicted molar refractivity (Wildman–Crippen MR) is 78.7 cm³/mol. The largest absolute Gasteiger partial charge is 0.377 e. The lowest BCUT2D eigenvalue weighted by molar-refractivity contribution is 0.0616. The van der Waals surface area contributed by atoms with Gasteiger partial charge in [0.15, 0.2) is 0 Å². The maximum atomic E-state index is 6.18. The molecule has 0 heterocycles. The lowest BCUT2D eigenvalue weighted by atomic mass is 10.1. The minimum Gasteiger partial charge on any atom is -0.377 e. The van der Waals surface area contributed by atoms with Crippen molar-refractivity contribution in [1.29, 1.82) is 0 Å². The molecule has 1 unspecified atom stereocenters. The smallest absolute Gasteiger partial charge is 0.0626 e. The summed E-state index contributed by atoms with van der Waals surface area (Å²) in [5.41, 5.74) is 1.06. The van der Waals surface area contributed by atoms with Crippen LogP contribution in [0.25, 0.3) is 0 Å². The molecule has 0 amide bonds. The second kappa shape index (κ2) is 8.00. The zero-order valence-electron chi connectivity index (χ0n) is 11.2. The normalized spacial score (nSPS) is 13.0. The summed E-state index contributed by atoms with van der Waals surface area (Å²) in [7, 11) is 0. The van der Waals surface area contributed by atoms with Crippen molar-refractivity contribution in [3.8, 4) is 0 Å². The monoisotopic (exact) mass is 289 g/mol. The summed E-state index contributed by atoms with van der Waals surface area (Å²) < 4.78 is 5.66. The maximum Gasteiger partial charge on any atom is 0.0626 e. The molecule has 0 radical (unpaired) electrons. The van der Waals surface area contributed by atoms with Gasteiger partial charge in [-0.1, -0.05) is 30.1 Å². The van der Waals surface area contributed by atoms with Gasteiger partial charge in [0, 0.05) is 16.1 Å². The Morgan fingerprint density at radius 1 is 1.28 bits per heavy atom. The van der Waals surface area contributed by atoms with Crippen molar-refractivity contribution in [3.63, 3.8) is 0 Å². The van der Waals surface area contributed by atoms with Crippen molar-refractivity contribution in [2.45, 2.75) is 39.3 Å². The molecule has 18 heavy (non-hydrogen) atoms. The van der Waals surface area contributed by atoms with E-state index in [1.54, 1.807) is 6.07 Å². The Morgan fingerprint density at radius 2 is 2.00 bits per heavy atom. The number of halogens is 2. The van der Waals surface area contributed by atoms with Crippen LogP contribution in [0.15, 0.2) is 18.2 Å². The molecule has 0 saturated carbocycles. The van der Waals surface area contributed by atoms with Gasteiger partial charge >= 0.3 is 0 Å². The molecule has 1 atom stereocenters. The van der Waals surface area contributed by atoms with E-state index in [1.165, 1.54) is 0 Å². The standard InChI is InChI=1S/C14H21Cl2NO/c1-4-17-13(9-18-10(2)3)8-11-7-12(15)5-6-14(11)16/h5-7,10,13,17H,4,8-9H2,1-3H3. The highest BCUT2D eigenvalue weighted by Gasteiger charge is 2.12. The number of rotatable bonds is 7. The molecule has 1 N–H and O–H groups in total. The number of likely N-dealkylation sites (N-methyl/N-ethyl adjacent to an activating group) is 1. The summed E-state index contributed by atoms with van der Waals surface area (Å²) in [5, 5.41) is 4.88. The molecule has 0 spiro atoms. The molecule has 0 aliphatic carbocycles. The molecule has 0 saturated heterocycles. The molecule has 0 aliphatic heterocycles. The van der Waals surface area contributed by atoms with Gasteiger partial charge in [0.25, 0.3) is 0 Å². The quantitative estimate of drug-likeness (QED) is 0.821. The van der Waals surface area contributed by atoms with E-state index in [4.69, 9.17) is 27.9 Å². The Bertz CT molecular complexity index is 369. The molecule has 1 rings (SSSR count). The van der Waals surface area contributed by atoms with E-state index in [0.29, 0.717) is 6.61 Å². The van der Waals surface area contributed by atoms with Crippen LogP contribution in [0, 0.1) is 0 Å². The van der Waals surface area contributed by atoms with Gasteiger partial charge in [0.05, 0.1) is 12.7 Å². The van der Waals surface area contributed by atoms with E-state index in [9.17, 15) is 0 Å². The number of ether oxygens (including phenoxy) is 1. The molecule has 4 heteroatoms. The summed E-state index contributed by atoms with van der Waals surface area (Å²) in [6, 6.07) is 5.82. The zero-order chi connectivity index (χ0) is 13.5. The third-order valence-corrected chi connectivity index (χ3v) is 3.20. The first-order valence-corrected chi connectivity index (χ1v) is 7.07. The van der Waals surface area contributed by atoms with Crippen LogP contribution in [-0.2, 0) is 11.2 Å². The summed E-state index contributed by atoms with van der Waals surface area (Å²) in [4.78, 5) is 0. The minimum atomic E-state index is 0.237. The van der Waals surface area contributed by atoms with Gasteiger partial charge in [0.2, 0.25) is 0 Å². The number of hydrogen-bond donors (Lipinski definition) is 1. The molecular formula is C14H21Cl2NO. The fourth-order valence-corrected chi connectivity index (χ4v) is 2.14. The molecule has 2 nitrogen and oxygen atoms in total. The van der Waals surface area contributed by atoms with Crippen LogP contribution >= 0.6 is 23.2 Å². The lowest BCUT2D eigenvalue weighted by Crippen LogP contribution is -2.36. The fraction of sp³-hybridized carbons (Fsp3) is 0.571. The molecule has 0 aromatic heterocycles. The zero-order valence-corrected chi connectivity index (χ0v) is 12.7. The van der Waals surface area contributed by atoms with Crippen molar-refractivity contribution in [2.75, 3.05) is 13.2 Å². The molecule has 1 aromatic carbocycles. The van der Waals surface area contributed by atoms with E-state index in [2.05, 4.69) is 12.2 Å². The van der Waals surface area contributed by atoms with Crippen LogP contribution in [-0.4, -0.2) is 25.3 Å². The van der Waals surface area contributed by atoms with Crippen molar-refractivity contribution >= 4 is 23.2 Å². The van der Waals surface area contributed by atoms with Crippen LogP contribution in [0.2, 0.25) is 10.0 Å². The van der Waals surface area contributed by atoms with Crippen molar-refractivity contribution in [2.24, 2.45) is 0 Å². The molecule has 0 fully saturated rings. The van der Waals surface area contributed by atoms with E-state index in [1.807, 2.05) is 26.0 Å². The predicted octanol–water partition coefficient (Wildman–Crippen LogP) is 3.94. The number of nitrogens with one attached hydrogen (secondary N) is 1. The Kier molecular flexibility index (Phi) is 7.02. The van der Waals surface area contributed by atoms with Crippen LogP contribution in [0.1, 0.15) is 26.3 Å². The molecule has 102 valence electrons. The van der Waals surface area contributed by atoms with Gasteiger partial charge in [-0.2, -0.15) is 0 Å². The highest BCUT2D eigenvalue weighted by molar-refractivity contribution is 6.33. The second-order valence-corrected chi connectivity index (χ2v) is 5.42. The average molecular weight is 290 g/mol. The Morgan fingerprint density at radius 3 is 2.61 bits per heavy atom. The SMILES string of the molecule is CCNC(COC(C)C)Cc1cc(Cl)ccc1Cl. The summed E-state index contributed by atoms with van der Waals surface area (Å²) in [6.07, 6.45) is 1.06. The van der Waals surface area contributed by atoms with Crippen LogP contribution < -0.4 is 5.32 Å². The summed E-state index contributed by atoms with van der Waals surface area (Å²) >= 11 is 12.2. The van der Waals surface area contributed by atoms with E-state index in [-0.39, 0.29) is 12.1 Å². The minimum absolute atomic E-state index is 0.237. The first kappa shape index (κ1) is 15.8. The summed E-state index contributed by atoms with van der Waals surface area (Å²) in [6.45, 7) is 7.74. The highest BCUT2D eigenvalue weighted by Crippen LogP contribution is 2.22. The topological polar surface area (TPSA) is 21.3 Å². The summed E-state index contributed by atoms with van der Waals surface area (Å²) in [5.74, 6) is 0. The van der Waals surface area contributed by atoms with Gasteiger partial charge in [-0.3, -0.25) is 0 Å². The molecule has 0 aliphatic rings. The lowest BCUT2D eigenvalue weighted by Gasteiger charge is -2.20. The van der Waals surface area contributed by atoms with E-state index < -0.39 is 0 Å². The first-order valence-electron chi connectivity index (χ1n) is 6.31. The van der Waals surface area contributed by atoms with Gasteiger partial charge < -0.3 is 10.1 Å². The van der Waals surface area contributed by atoms with Gasteiger partial charge in [-0.15, -0.1) is 0 Å². The molecule has 1 aromatic rings. The number of benzene rings is 1. The highest BCUT2D eigenvalue weighted by atomic mass is 35.5. The van der Waals surface area contributed by atoms with E-state index >= 15 is 0 Å². The van der Waals surface area contributed by atoms with E-state index in [0.717, 1.165) is 28.6 Å². The van der Waals surface area contributed by atoms with Crippen molar-refractivity contribution < 1.29 is 4.74 Å². The third kappa shape index (κ3) is 5.57. The number of hydrogen-bond acceptors (Lipinski definition) is 2. The second-order valence-electron chi connectivity index (χ2n) is 4.58. The molecule has 0 bridgehead atoms. The Hall–Kier alpha value is -0.280. The Labute approximate surface area is 120 Å². The van der Waals surface area contributed by atoms with Crippen molar-refractivity contribution in [1.82, 2.24) is 5.32 Å². The van der Waals surface area contributed by atoms with Gasteiger partial charge in [-0.05, 0) is 50.6 Å². The van der Waals surface area contributed by atoms with Gasteiger partial charge in [0.1, 0.15) is 0 Å². The van der Waals surface area contributed by atoms with Crippen molar-refractivity contribution in [3.05, 3.63) is 33.8 Å². The first-order chi connectivity index (χ1) is 8.52. The average Bonchev–Trinajstić information content (AvgIpc) is 2.31. The molecular weight excluding hydrogens is 269 g/mol. The maximum absolute atomic E-state index is 6.18. The van der Waals surface area contributed by atoms with Crippen LogP contribution in [0.3, 0.4) is 0 Å². The van der Waals surface area contributed by atoms with Crippen LogP contribution in [0.5, 0.6) is 0 Å². The Balaban J connectivity index is 2.66. The fourth-order valence-electron chi connectivity index (χ4n) is 1.75. The third-order valence-electron chi connectivity index (χ3n) is 2.60.